The number of fused-ring (bicyclic) bond motifs is 2. The second-order valence-electron chi connectivity index (χ2n) is 21.9. The monoisotopic (exact) mass is 1230 g/mol. The summed E-state index contributed by atoms with van der Waals surface area (Å²) in [7, 11) is 4.98. The van der Waals surface area contributed by atoms with Crippen LogP contribution >= 0.6 is 0 Å². The number of urea groups is 4. The molecule has 1 aliphatic heterocycles. The number of esters is 4. The fourth-order valence-corrected chi connectivity index (χ4v) is 11.0. The van der Waals surface area contributed by atoms with Crippen molar-refractivity contribution in [1.82, 2.24) is 45.8 Å². The molecule has 0 radical (unpaired) electrons. The number of carbonyl (C=O) groups excluding carboxylic acids is 8. The van der Waals surface area contributed by atoms with Crippen LogP contribution < -0.4 is 21.3 Å². The predicted molar refractivity (Wildman–Crippen MR) is 341 cm³/mol. The Bertz CT molecular complexity index is 3380. The molecule has 1 saturated heterocycles. The Balaban J connectivity index is 1.15. The first-order valence-corrected chi connectivity index (χ1v) is 30.0. The number of rotatable bonds is 21. The maximum Gasteiger partial charge on any atom is 0.328 e. The van der Waals surface area contributed by atoms with Crippen molar-refractivity contribution in [3.63, 3.8) is 0 Å². The van der Waals surface area contributed by atoms with Gasteiger partial charge in [0.1, 0.15) is 24.2 Å². The van der Waals surface area contributed by atoms with Crippen molar-refractivity contribution in [3.8, 4) is 0 Å². The lowest BCUT2D eigenvalue weighted by molar-refractivity contribution is -0.143. The van der Waals surface area contributed by atoms with E-state index in [9.17, 15) is 33.6 Å². The standard InChI is InChI=1S/C69H79N9O12/c1-87-62(79)58(43-49-21-9-5-10-22-49)70-66(83)75-36-33-74(35-38-78(69(86)73-61(65(82)90-4)46-52-27-15-8-16-28-52)48-57-55-31-19-17-29-53(55)47-54-30-18-20-32-56(54)57)34-37-76(67(84)71-59(63(80)88-2)44-50-23-11-6-12-24-50)40-42-77(41-39-75)68(85)72-60(64(81)89-3)45-51-25-13-7-14-26-51/h5-32,47,58-61H,33-46,48H2,1-4H3,(H,70,83)(H,71,84)(H,72,85)(H,73,86)/t58-,59-,60-,61-/m0/s1. The molecule has 21 heteroatoms. The molecule has 4 N–H and O–H groups in total. The van der Waals surface area contributed by atoms with E-state index in [4.69, 9.17) is 18.9 Å². The van der Waals surface area contributed by atoms with E-state index in [2.05, 4.69) is 27.3 Å². The van der Waals surface area contributed by atoms with Gasteiger partial charge in [0, 0.05) is 97.7 Å². The maximum absolute atomic E-state index is 15.2. The van der Waals surface area contributed by atoms with Crippen LogP contribution in [0.15, 0.2) is 176 Å². The lowest BCUT2D eigenvalue weighted by Gasteiger charge is -2.36. The molecule has 0 spiro atoms. The molecule has 21 nitrogen and oxygen atoms in total. The van der Waals surface area contributed by atoms with Crippen molar-refractivity contribution in [2.75, 3.05) is 93.9 Å². The van der Waals surface area contributed by atoms with Crippen LogP contribution in [-0.4, -0.2) is 191 Å². The molecule has 0 bridgehead atoms. The summed E-state index contributed by atoms with van der Waals surface area (Å²) in [6.45, 7) is 0.0658. The summed E-state index contributed by atoms with van der Waals surface area (Å²) in [5.74, 6) is -2.68. The van der Waals surface area contributed by atoms with Crippen molar-refractivity contribution in [2.24, 2.45) is 0 Å². The molecule has 4 atom stereocenters. The molecule has 0 aromatic heterocycles. The smallest absolute Gasteiger partial charge is 0.328 e. The molecule has 1 aliphatic rings. The lowest BCUT2D eigenvalue weighted by atomic mass is 9.96. The molecule has 1 fully saturated rings. The summed E-state index contributed by atoms with van der Waals surface area (Å²) in [6.07, 6.45) is 0.456. The predicted octanol–water partition coefficient (Wildman–Crippen LogP) is 6.99. The van der Waals surface area contributed by atoms with Gasteiger partial charge >= 0.3 is 48.0 Å². The first-order chi connectivity index (χ1) is 43.7. The van der Waals surface area contributed by atoms with Crippen LogP contribution in [0.1, 0.15) is 27.8 Å². The fraction of sp³-hybridized carbons (Fsp3) is 0.333. The van der Waals surface area contributed by atoms with E-state index >= 15 is 4.79 Å². The van der Waals surface area contributed by atoms with Gasteiger partial charge in [-0.2, -0.15) is 0 Å². The molecular weight excluding hydrogens is 1150 g/mol. The van der Waals surface area contributed by atoms with E-state index in [1.54, 1.807) is 4.90 Å². The highest BCUT2D eigenvalue weighted by Gasteiger charge is 2.32. The third-order valence-corrected chi connectivity index (χ3v) is 16.0. The Morgan fingerprint density at radius 1 is 0.389 bits per heavy atom. The van der Waals surface area contributed by atoms with Gasteiger partial charge in [-0.05, 0) is 55.4 Å². The van der Waals surface area contributed by atoms with Gasteiger partial charge in [0.25, 0.3) is 0 Å². The van der Waals surface area contributed by atoms with E-state index in [0.717, 1.165) is 49.4 Å². The fourth-order valence-electron chi connectivity index (χ4n) is 11.0. The number of methoxy groups -OCH3 is 4. The molecule has 0 aliphatic carbocycles. The van der Waals surface area contributed by atoms with Gasteiger partial charge in [0.05, 0.1) is 28.4 Å². The van der Waals surface area contributed by atoms with Crippen molar-refractivity contribution >= 4 is 69.5 Å². The quantitative estimate of drug-likeness (QED) is 0.0323. The van der Waals surface area contributed by atoms with Gasteiger partial charge in [-0.3, -0.25) is 4.90 Å². The van der Waals surface area contributed by atoms with Gasteiger partial charge in [-0.25, -0.2) is 38.4 Å². The van der Waals surface area contributed by atoms with E-state index in [0.29, 0.717) is 0 Å². The molecular formula is C69H79N9O12. The average Bonchev–Trinajstić information content (AvgIpc) is 0.819. The SMILES string of the molecule is COC(=O)[C@H](Cc1ccccc1)NC(=O)N1CCN(CCN(Cc2c3ccccc3cc3ccccc23)C(=O)N[C@@H](Cc2ccccc2)C(=O)OC)CCN(C(=O)N[C@@H](Cc2ccccc2)C(=O)OC)CCN(C(=O)N[C@@H](Cc2ccccc2)C(=O)OC)CC1. The summed E-state index contributed by atoms with van der Waals surface area (Å²) in [5.41, 5.74) is 3.95. The Labute approximate surface area is 524 Å². The normalized spacial score (nSPS) is 14.5. The van der Waals surface area contributed by atoms with Crippen LogP contribution in [0.4, 0.5) is 19.2 Å². The number of nitrogens with one attached hydrogen (secondary N) is 4. The highest BCUT2D eigenvalue weighted by molar-refractivity contribution is 6.02. The number of hydrogen-bond acceptors (Lipinski definition) is 13. The van der Waals surface area contributed by atoms with Crippen LogP contribution in [-0.2, 0) is 70.4 Å². The summed E-state index contributed by atoms with van der Waals surface area (Å²) in [4.78, 5) is 121. The van der Waals surface area contributed by atoms with Crippen molar-refractivity contribution < 1.29 is 57.3 Å². The highest BCUT2D eigenvalue weighted by Crippen LogP contribution is 2.30. The van der Waals surface area contributed by atoms with E-state index in [1.165, 1.54) is 43.1 Å². The highest BCUT2D eigenvalue weighted by atomic mass is 16.5. The van der Waals surface area contributed by atoms with E-state index in [-0.39, 0.29) is 97.7 Å². The van der Waals surface area contributed by atoms with E-state index in [1.807, 2.05) is 175 Å². The largest absolute Gasteiger partial charge is 0.467 e. The molecule has 90 heavy (non-hydrogen) atoms. The van der Waals surface area contributed by atoms with Crippen LogP contribution in [0.5, 0.6) is 0 Å². The van der Waals surface area contributed by atoms with Crippen molar-refractivity contribution in [3.05, 3.63) is 204 Å². The number of nitrogens with zero attached hydrogens (tertiary/aromatic N) is 5. The zero-order chi connectivity index (χ0) is 63.8. The van der Waals surface area contributed by atoms with Crippen LogP contribution in [0.2, 0.25) is 0 Å². The molecule has 0 unspecified atom stereocenters. The van der Waals surface area contributed by atoms with Crippen LogP contribution in [0.25, 0.3) is 21.5 Å². The van der Waals surface area contributed by atoms with E-state index < -0.39 is 72.2 Å². The zero-order valence-corrected chi connectivity index (χ0v) is 51.3. The van der Waals surface area contributed by atoms with Gasteiger partial charge in [-0.1, -0.05) is 170 Å². The zero-order valence-electron chi connectivity index (χ0n) is 51.3. The Morgan fingerprint density at radius 3 is 1.00 bits per heavy atom. The molecule has 8 rings (SSSR count). The minimum Gasteiger partial charge on any atom is -0.467 e. The number of carbonyl (C=O) groups is 8. The number of ether oxygens (including phenoxy) is 4. The summed E-state index contributed by atoms with van der Waals surface area (Å²) in [5, 5.41) is 15.4. The maximum atomic E-state index is 15.2. The summed E-state index contributed by atoms with van der Waals surface area (Å²) < 4.78 is 20.8. The van der Waals surface area contributed by atoms with Crippen molar-refractivity contribution in [1.29, 1.82) is 0 Å². The number of amides is 8. The number of benzene rings is 7. The molecule has 7 aromatic carbocycles. The molecule has 7 aromatic rings. The third-order valence-electron chi connectivity index (χ3n) is 16.0. The van der Waals surface area contributed by atoms with Gasteiger partial charge in [-0.15, -0.1) is 0 Å². The first kappa shape index (κ1) is 65.9. The van der Waals surface area contributed by atoms with Crippen LogP contribution in [0, 0.1) is 0 Å². The second kappa shape index (κ2) is 33.4. The molecule has 472 valence electrons. The van der Waals surface area contributed by atoms with Crippen LogP contribution in [0.3, 0.4) is 0 Å². The summed E-state index contributed by atoms with van der Waals surface area (Å²) in [6, 6.07) is 47.7. The average molecular weight is 1230 g/mol. The first-order valence-electron chi connectivity index (χ1n) is 30.0. The van der Waals surface area contributed by atoms with Gasteiger partial charge in [0.15, 0.2) is 0 Å². The number of hydrogen-bond donors (Lipinski definition) is 4. The lowest BCUT2D eigenvalue weighted by Crippen LogP contribution is -2.57. The second-order valence-corrected chi connectivity index (χ2v) is 21.9. The topological polar surface area (TPSA) is 238 Å². The minimum absolute atomic E-state index is 0.00531. The van der Waals surface area contributed by atoms with Gasteiger partial charge in [0.2, 0.25) is 0 Å². The van der Waals surface area contributed by atoms with Crippen molar-refractivity contribution in [2.45, 2.75) is 56.4 Å². The van der Waals surface area contributed by atoms with Gasteiger partial charge < -0.3 is 59.8 Å². The Hall–Kier alpha value is -10.0. The summed E-state index contributed by atoms with van der Waals surface area (Å²) >= 11 is 0. The molecule has 0 saturated carbocycles. The molecule has 8 amide bonds. The minimum atomic E-state index is -1.13. The third kappa shape index (κ3) is 18.8. The Kier molecular flexibility index (Phi) is 24.4. The Morgan fingerprint density at radius 2 is 0.678 bits per heavy atom. The molecule has 1 heterocycles.